The fourth-order valence-electron chi connectivity index (χ4n) is 3.56. The monoisotopic (exact) mass is 455 g/mol. The number of aromatic nitrogens is 3. The Balaban J connectivity index is 1.57. The van der Waals surface area contributed by atoms with Crippen molar-refractivity contribution in [2.24, 2.45) is 10.7 Å². The number of nitrogens with zero attached hydrogens (tertiary/aromatic N) is 4. The standard InChI is InChI=1S/C26H25N5O3/c1-3-33-26(32)25-22(30-23-6-4-5-15-31(23)25)17-34-20-9-7-19(8-10-20)24(27)21(16-28-2)18-11-13-29-14-12-18/h4-16H,3,17,27H2,1-2H3/b24-21+,28-16?. The van der Waals surface area contributed by atoms with Crippen LogP contribution in [0.15, 0.2) is 78.2 Å². The van der Waals surface area contributed by atoms with E-state index in [0.717, 1.165) is 16.7 Å². The van der Waals surface area contributed by atoms with Crippen LogP contribution in [0.5, 0.6) is 5.75 Å². The molecule has 0 spiro atoms. The number of esters is 1. The Labute approximate surface area is 197 Å². The van der Waals surface area contributed by atoms with E-state index in [1.807, 2.05) is 54.6 Å². The van der Waals surface area contributed by atoms with Crippen LogP contribution in [-0.4, -0.2) is 40.2 Å². The van der Waals surface area contributed by atoms with Crippen molar-refractivity contribution < 1.29 is 14.3 Å². The molecule has 0 amide bonds. The number of carbonyl (C=O) groups excluding carboxylic acids is 1. The molecule has 0 aliphatic heterocycles. The SMILES string of the molecule is CCOC(=O)c1c(COc2ccc(/C(N)=C(/C=NC)c3ccncc3)cc2)nc2ccccn12. The molecular weight excluding hydrogens is 430 g/mol. The van der Waals surface area contributed by atoms with Crippen molar-refractivity contribution in [3.05, 3.63) is 95.7 Å². The molecule has 0 saturated carbocycles. The normalized spacial score (nSPS) is 12.1. The van der Waals surface area contributed by atoms with E-state index < -0.39 is 5.97 Å². The van der Waals surface area contributed by atoms with Gasteiger partial charge in [-0.25, -0.2) is 9.78 Å². The summed E-state index contributed by atoms with van der Waals surface area (Å²) in [6.07, 6.45) is 6.94. The first kappa shape index (κ1) is 22.7. The molecule has 172 valence electrons. The molecule has 4 rings (SSSR count). The molecule has 4 aromatic rings. The van der Waals surface area contributed by atoms with Crippen LogP contribution in [0.2, 0.25) is 0 Å². The van der Waals surface area contributed by atoms with Gasteiger partial charge in [0, 0.05) is 43.1 Å². The van der Waals surface area contributed by atoms with Gasteiger partial charge in [0.2, 0.25) is 0 Å². The molecule has 0 saturated heterocycles. The van der Waals surface area contributed by atoms with Crippen molar-refractivity contribution in [3.8, 4) is 5.75 Å². The minimum absolute atomic E-state index is 0.116. The number of aliphatic imine (C=N–C) groups is 1. The van der Waals surface area contributed by atoms with E-state index in [0.29, 0.717) is 28.5 Å². The first-order chi connectivity index (χ1) is 16.6. The van der Waals surface area contributed by atoms with Crippen LogP contribution in [-0.2, 0) is 11.3 Å². The lowest BCUT2D eigenvalue weighted by molar-refractivity contribution is 0.0515. The van der Waals surface area contributed by atoms with Crippen molar-refractivity contribution >= 4 is 29.1 Å². The highest BCUT2D eigenvalue weighted by atomic mass is 16.5. The third-order valence-corrected chi connectivity index (χ3v) is 5.15. The maximum Gasteiger partial charge on any atom is 0.357 e. The van der Waals surface area contributed by atoms with E-state index >= 15 is 0 Å². The molecule has 8 heteroatoms. The highest BCUT2D eigenvalue weighted by molar-refractivity contribution is 6.18. The van der Waals surface area contributed by atoms with Crippen LogP contribution in [0.25, 0.3) is 16.9 Å². The Morgan fingerprint density at radius 1 is 1.09 bits per heavy atom. The van der Waals surface area contributed by atoms with Gasteiger partial charge < -0.3 is 15.2 Å². The summed E-state index contributed by atoms with van der Waals surface area (Å²) in [6, 6.07) is 16.7. The smallest absolute Gasteiger partial charge is 0.357 e. The number of pyridine rings is 2. The molecule has 3 aromatic heterocycles. The lowest BCUT2D eigenvalue weighted by Crippen LogP contribution is -2.12. The summed E-state index contributed by atoms with van der Waals surface area (Å²) < 4.78 is 12.9. The highest BCUT2D eigenvalue weighted by Gasteiger charge is 2.20. The third kappa shape index (κ3) is 4.80. The largest absolute Gasteiger partial charge is 0.487 e. The summed E-state index contributed by atoms with van der Waals surface area (Å²) in [5.41, 5.74) is 11.1. The molecule has 0 fully saturated rings. The van der Waals surface area contributed by atoms with E-state index in [9.17, 15) is 4.79 Å². The number of ether oxygens (including phenoxy) is 2. The Morgan fingerprint density at radius 3 is 2.56 bits per heavy atom. The van der Waals surface area contributed by atoms with Crippen LogP contribution < -0.4 is 10.5 Å². The van der Waals surface area contributed by atoms with Gasteiger partial charge in [-0.2, -0.15) is 0 Å². The van der Waals surface area contributed by atoms with Gasteiger partial charge in [-0.05, 0) is 66.6 Å². The minimum Gasteiger partial charge on any atom is -0.487 e. The zero-order valence-electron chi connectivity index (χ0n) is 19.0. The first-order valence-electron chi connectivity index (χ1n) is 10.8. The Kier molecular flexibility index (Phi) is 6.98. The molecule has 0 radical (unpaired) electrons. The molecule has 2 N–H and O–H groups in total. The topological polar surface area (TPSA) is 104 Å². The average Bonchev–Trinajstić information content (AvgIpc) is 3.25. The van der Waals surface area contributed by atoms with E-state index in [2.05, 4.69) is 15.0 Å². The molecule has 1 aromatic carbocycles. The number of hydrogen-bond acceptors (Lipinski definition) is 7. The van der Waals surface area contributed by atoms with Gasteiger partial charge in [0.05, 0.1) is 6.61 Å². The number of allylic oxidation sites excluding steroid dienone is 1. The van der Waals surface area contributed by atoms with Gasteiger partial charge in [-0.15, -0.1) is 0 Å². The summed E-state index contributed by atoms with van der Waals surface area (Å²) in [6.45, 7) is 2.16. The number of fused-ring (bicyclic) bond motifs is 1. The molecule has 3 heterocycles. The van der Waals surface area contributed by atoms with E-state index in [-0.39, 0.29) is 13.2 Å². The number of hydrogen-bond donors (Lipinski definition) is 1. The van der Waals surface area contributed by atoms with Crippen molar-refractivity contribution in [2.45, 2.75) is 13.5 Å². The second-order valence-corrected chi connectivity index (χ2v) is 7.32. The van der Waals surface area contributed by atoms with Crippen molar-refractivity contribution in [1.82, 2.24) is 14.4 Å². The molecule has 0 bridgehead atoms. The minimum atomic E-state index is -0.436. The number of rotatable bonds is 8. The molecule has 8 nitrogen and oxygen atoms in total. The van der Waals surface area contributed by atoms with Crippen LogP contribution in [0.4, 0.5) is 0 Å². The molecule has 0 atom stereocenters. The molecule has 0 aliphatic carbocycles. The predicted octanol–water partition coefficient (Wildman–Crippen LogP) is 4.01. The van der Waals surface area contributed by atoms with Gasteiger partial charge in [-0.3, -0.25) is 14.4 Å². The van der Waals surface area contributed by atoms with Gasteiger partial charge in [0.1, 0.15) is 23.7 Å². The molecular formula is C26H25N5O3. The second kappa shape index (κ2) is 10.4. The van der Waals surface area contributed by atoms with E-state index in [4.69, 9.17) is 15.2 Å². The van der Waals surface area contributed by atoms with Crippen molar-refractivity contribution in [3.63, 3.8) is 0 Å². The number of carbonyl (C=O) groups is 1. The van der Waals surface area contributed by atoms with Crippen LogP contribution in [0.3, 0.4) is 0 Å². The maximum atomic E-state index is 12.5. The number of benzene rings is 1. The van der Waals surface area contributed by atoms with Crippen molar-refractivity contribution in [2.75, 3.05) is 13.7 Å². The lowest BCUT2D eigenvalue weighted by Gasteiger charge is -2.10. The molecule has 0 unspecified atom stereocenters. The fourth-order valence-corrected chi connectivity index (χ4v) is 3.56. The first-order valence-corrected chi connectivity index (χ1v) is 10.8. The maximum absolute atomic E-state index is 12.5. The third-order valence-electron chi connectivity index (χ3n) is 5.15. The van der Waals surface area contributed by atoms with Crippen molar-refractivity contribution in [1.29, 1.82) is 0 Å². The highest BCUT2D eigenvalue weighted by Crippen LogP contribution is 2.24. The molecule has 34 heavy (non-hydrogen) atoms. The Bertz CT molecular complexity index is 1340. The quantitative estimate of drug-likeness (QED) is 0.318. The van der Waals surface area contributed by atoms with E-state index in [1.165, 1.54) is 0 Å². The Hall–Kier alpha value is -4.46. The summed E-state index contributed by atoms with van der Waals surface area (Å²) in [4.78, 5) is 25.3. The summed E-state index contributed by atoms with van der Waals surface area (Å²) in [5.74, 6) is 0.187. The Morgan fingerprint density at radius 2 is 1.85 bits per heavy atom. The number of imidazole rings is 1. The average molecular weight is 456 g/mol. The van der Waals surface area contributed by atoms with Crippen LogP contribution in [0, 0.1) is 0 Å². The van der Waals surface area contributed by atoms with Crippen LogP contribution >= 0.6 is 0 Å². The zero-order chi connectivity index (χ0) is 23.9. The van der Waals surface area contributed by atoms with Crippen LogP contribution in [0.1, 0.15) is 34.2 Å². The second-order valence-electron chi connectivity index (χ2n) is 7.32. The predicted molar refractivity (Wildman–Crippen MR) is 132 cm³/mol. The summed E-state index contributed by atoms with van der Waals surface area (Å²) in [5, 5.41) is 0. The van der Waals surface area contributed by atoms with E-state index in [1.54, 1.807) is 43.2 Å². The molecule has 0 aliphatic rings. The fraction of sp³-hybridized carbons (Fsp3) is 0.154. The van der Waals surface area contributed by atoms with Gasteiger partial charge in [-0.1, -0.05) is 6.07 Å². The van der Waals surface area contributed by atoms with Gasteiger partial charge in [0.25, 0.3) is 0 Å². The lowest BCUT2D eigenvalue weighted by atomic mass is 10.0. The van der Waals surface area contributed by atoms with Gasteiger partial charge >= 0.3 is 5.97 Å². The zero-order valence-corrected chi connectivity index (χ0v) is 19.0. The van der Waals surface area contributed by atoms with Gasteiger partial charge in [0.15, 0.2) is 5.69 Å². The number of nitrogens with two attached hydrogens (primary N) is 1. The summed E-state index contributed by atoms with van der Waals surface area (Å²) in [7, 11) is 1.70. The summed E-state index contributed by atoms with van der Waals surface area (Å²) >= 11 is 0.